The van der Waals surface area contributed by atoms with E-state index in [1.54, 1.807) is 4.90 Å². The zero-order valence-electron chi connectivity index (χ0n) is 16.1. The Morgan fingerprint density at radius 3 is 2.38 bits per heavy atom. The number of carbonyl (C=O) groups excluding carboxylic acids is 1. The summed E-state index contributed by atoms with van der Waals surface area (Å²) in [6.45, 7) is 6.03. The Hall–Kier alpha value is -1.14. The van der Waals surface area contributed by atoms with Gasteiger partial charge >= 0.3 is 5.97 Å². The van der Waals surface area contributed by atoms with Crippen molar-refractivity contribution in [3.05, 3.63) is 0 Å². The van der Waals surface area contributed by atoms with Gasteiger partial charge in [-0.05, 0) is 70.5 Å². The van der Waals surface area contributed by atoms with Crippen molar-refractivity contribution in [2.45, 2.75) is 63.8 Å². The Morgan fingerprint density at radius 1 is 0.923 bits per heavy atom. The van der Waals surface area contributed by atoms with E-state index in [-0.39, 0.29) is 18.5 Å². The standard InChI is InChI=1S/C20H35N3O3/c24-19(25)16-23-12-6-3-9-18(20(23)26)22-13-7-8-17(15-22)14-21-10-4-1-2-5-11-21/h17-18H,1-16H2,(H,24,25). The van der Waals surface area contributed by atoms with Gasteiger partial charge in [-0.25, -0.2) is 0 Å². The first kappa shape index (κ1) is 19.6. The zero-order valence-corrected chi connectivity index (χ0v) is 16.1. The molecule has 26 heavy (non-hydrogen) atoms. The molecule has 1 N–H and O–H groups in total. The minimum absolute atomic E-state index is 0.0420. The largest absolute Gasteiger partial charge is 0.480 e. The number of piperidine rings is 1. The Bertz CT molecular complexity index is 477. The smallest absolute Gasteiger partial charge is 0.323 e. The summed E-state index contributed by atoms with van der Waals surface area (Å²) < 4.78 is 0. The summed E-state index contributed by atoms with van der Waals surface area (Å²) in [7, 11) is 0. The van der Waals surface area contributed by atoms with E-state index in [4.69, 9.17) is 5.11 Å². The molecule has 0 aromatic rings. The highest BCUT2D eigenvalue weighted by Crippen LogP contribution is 2.25. The van der Waals surface area contributed by atoms with Gasteiger partial charge in [-0.1, -0.05) is 12.8 Å². The molecule has 0 aromatic heterocycles. The number of carboxylic acid groups (broad SMARTS) is 1. The van der Waals surface area contributed by atoms with Crippen LogP contribution in [0.3, 0.4) is 0 Å². The van der Waals surface area contributed by atoms with Gasteiger partial charge in [0.2, 0.25) is 5.91 Å². The van der Waals surface area contributed by atoms with E-state index in [2.05, 4.69) is 9.80 Å². The number of likely N-dealkylation sites (tertiary alicyclic amines) is 3. The predicted molar refractivity (Wildman–Crippen MR) is 101 cm³/mol. The van der Waals surface area contributed by atoms with Crippen molar-refractivity contribution in [1.29, 1.82) is 0 Å². The number of rotatable bonds is 5. The third-order valence-corrected chi connectivity index (χ3v) is 6.28. The summed E-state index contributed by atoms with van der Waals surface area (Å²) in [6.07, 6.45) is 10.6. The van der Waals surface area contributed by atoms with Crippen LogP contribution in [0.2, 0.25) is 0 Å². The highest BCUT2D eigenvalue weighted by molar-refractivity contribution is 5.85. The number of carbonyl (C=O) groups is 2. The third-order valence-electron chi connectivity index (χ3n) is 6.28. The molecule has 3 saturated heterocycles. The van der Waals surface area contributed by atoms with E-state index in [0.29, 0.717) is 12.5 Å². The van der Waals surface area contributed by atoms with E-state index >= 15 is 0 Å². The van der Waals surface area contributed by atoms with Crippen molar-refractivity contribution in [2.24, 2.45) is 5.92 Å². The van der Waals surface area contributed by atoms with Crippen molar-refractivity contribution in [3.8, 4) is 0 Å². The number of aliphatic carboxylic acids is 1. The number of amides is 1. The van der Waals surface area contributed by atoms with Crippen LogP contribution in [0.15, 0.2) is 0 Å². The lowest BCUT2D eigenvalue weighted by atomic mass is 9.94. The van der Waals surface area contributed by atoms with Gasteiger partial charge in [-0.15, -0.1) is 0 Å². The quantitative estimate of drug-likeness (QED) is 0.808. The van der Waals surface area contributed by atoms with Crippen LogP contribution in [0, 0.1) is 5.92 Å². The minimum Gasteiger partial charge on any atom is -0.480 e. The minimum atomic E-state index is -0.906. The van der Waals surface area contributed by atoms with Gasteiger partial charge in [-0.3, -0.25) is 14.5 Å². The number of carboxylic acids is 1. The van der Waals surface area contributed by atoms with Gasteiger partial charge in [0, 0.05) is 19.6 Å². The number of hydrogen-bond acceptors (Lipinski definition) is 4. The molecule has 0 saturated carbocycles. The molecular formula is C20H35N3O3. The van der Waals surface area contributed by atoms with Crippen LogP contribution in [0.5, 0.6) is 0 Å². The lowest BCUT2D eigenvalue weighted by Crippen LogP contribution is -2.52. The Morgan fingerprint density at radius 2 is 1.65 bits per heavy atom. The van der Waals surface area contributed by atoms with Crippen molar-refractivity contribution >= 4 is 11.9 Å². The normalized spacial score (nSPS) is 30.0. The number of hydrogen-bond donors (Lipinski definition) is 1. The maximum absolute atomic E-state index is 12.9. The fraction of sp³-hybridized carbons (Fsp3) is 0.900. The van der Waals surface area contributed by atoms with Crippen LogP contribution in [-0.4, -0.2) is 83.5 Å². The van der Waals surface area contributed by atoms with E-state index < -0.39 is 5.97 Å². The van der Waals surface area contributed by atoms with Crippen LogP contribution in [0.1, 0.15) is 57.8 Å². The van der Waals surface area contributed by atoms with Gasteiger partial charge < -0.3 is 14.9 Å². The Kier molecular flexibility index (Phi) is 7.32. The fourth-order valence-electron chi connectivity index (χ4n) is 4.96. The molecule has 0 spiro atoms. The lowest BCUT2D eigenvalue weighted by molar-refractivity contribution is -0.147. The zero-order chi connectivity index (χ0) is 18.4. The van der Waals surface area contributed by atoms with Crippen LogP contribution in [0.4, 0.5) is 0 Å². The van der Waals surface area contributed by atoms with Crippen molar-refractivity contribution < 1.29 is 14.7 Å². The van der Waals surface area contributed by atoms with Gasteiger partial charge in [0.05, 0.1) is 6.04 Å². The average Bonchev–Trinajstić information content (AvgIpc) is 2.97. The third kappa shape index (κ3) is 5.43. The first-order valence-electron chi connectivity index (χ1n) is 10.6. The summed E-state index contributed by atoms with van der Waals surface area (Å²) in [5.74, 6) is -0.220. The SMILES string of the molecule is O=C(O)CN1CCCCC(N2CCCC(CN3CCCCCC3)C2)C1=O. The summed E-state index contributed by atoms with van der Waals surface area (Å²) in [5, 5.41) is 9.11. The van der Waals surface area contributed by atoms with E-state index in [1.165, 1.54) is 45.2 Å². The van der Waals surface area contributed by atoms with E-state index in [0.717, 1.165) is 45.3 Å². The monoisotopic (exact) mass is 365 g/mol. The van der Waals surface area contributed by atoms with Gasteiger partial charge in [0.15, 0.2) is 0 Å². The summed E-state index contributed by atoms with van der Waals surface area (Å²) in [5.41, 5.74) is 0. The van der Waals surface area contributed by atoms with E-state index in [9.17, 15) is 9.59 Å². The van der Waals surface area contributed by atoms with Crippen molar-refractivity contribution in [3.63, 3.8) is 0 Å². The molecule has 3 fully saturated rings. The van der Waals surface area contributed by atoms with Crippen LogP contribution in [0.25, 0.3) is 0 Å². The number of nitrogens with zero attached hydrogens (tertiary/aromatic N) is 3. The molecule has 0 bridgehead atoms. The second-order valence-electron chi connectivity index (χ2n) is 8.38. The average molecular weight is 366 g/mol. The van der Waals surface area contributed by atoms with Gasteiger partial charge in [0.25, 0.3) is 0 Å². The second-order valence-corrected chi connectivity index (χ2v) is 8.38. The molecule has 3 aliphatic rings. The summed E-state index contributed by atoms with van der Waals surface area (Å²) >= 11 is 0. The van der Waals surface area contributed by atoms with Crippen LogP contribution < -0.4 is 0 Å². The van der Waals surface area contributed by atoms with Gasteiger partial charge in [-0.2, -0.15) is 0 Å². The molecule has 0 aliphatic carbocycles. The van der Waals surface area contributed by atoms with Crippen molar-refractivity contribution in [2.75, 3.05) is 45.8 Å². The Balaban J connectivity index is 1.58. The predicted octanol–water partition coefficient (Wildman–Crippen LogP) is 2.04. The highest BCUT2D eigenvalue weighted by atomic mass is 16.4. The first-order valence-corrected chi connectivity index (χ1v) is 10.6. The first-order chi connectivity index (χ1) is 12.6. The summed E-state index contributed by atoms with van der Waals surface area (Å²) in [4.78, 5) is 30.6. The highest BCUT2D eigenvalue weighted by Gasteiger charge is 2.35. The molecule has 2 atom stereocenters. The maximum Gasteiger partial charge on any atom is 0.323 e. The fourth-order valence-corrected chi connectivity index (χ4v) is 4.96. The molecule has 2 unspecified atom stereocenters. The second kappa shape index (κ2) is 9.70. The molecular weight excluding hydrogens is 330 g/mol. The van der Waals surface area contributed by atoms with Crippen LogP contribution >= 0.6 is 0 Å². The molecule has 6 heteroatoms. The molecule has 6 nitrogen and oxygen atoms in total. The van der Waals surface area contributed by atoms with E-state index in [1.807, 2.05) is 0 Å². The molecule has 3 rings (SSSR count). The molecule has 148 valence electrons. The molecule has 0 aromatic carbocycles. The molecule has 3 aliphatic heterocycles. The summed E-state index contributed by atoms with van der Waals surface area (Å²) in [6, 6.07) is -0.108. The lowest BCUT2D eigenvalue weighted by Gasteiger charge is -2.39. The van der Waals surface area contributed by atoms with Crippen LogP contribution in [-0.2, 0) is 9.59 Å². The molecule has 1 amide bonds. The molecule has 3 heterocycles. The van der Waals surface area contributed by atoms with Crippen molar-refractivity contribution in [1.82, 2.24) is 14.7 Å². The topological polar surface area (TPSA) is 64.1 Å². The molecule has 0 radical (unpaired) electrons. The van der Waals surface area contributed by atoms with Gasteiger partial charge in [0.1, 0.15) is 6.54 Å². The maximum atomic E-state index is 12.9. The Labute approximate surface area is 157 Å².